The molecule has 0 unspecified atom stereocenters. The molecule has 0 bridgehead atoms. The molecular formula is C3H7AlCl2O2. The minimum Gasteiger partial charge on any atom is -0.481 e. The molecule has 0 spiro atoms. The number of rotatable bonds is 2. The first-order valence-corrected chi connectivity index (χ1v) is 2.50. The van der Waals surface area contributed by atoms with Gasteiger partial charge in [0.1, 0.15) is 4.84 Å². The van der Waals surface area contributed by atoms with Gasteiger partial charge in [0.05, 0.1) is 6.42 Å². The number of halogens is 2. The van der Waals surface area contributed by atoms with Gasteiger partial charge in [0.25, 0.3) is 0 Å². The van der Waals surface area contributed by atoms with Crippen LogP contribution in [0.25, 0.3) is 0 Å². The molecule has 0 atom stereocenters. The van der Waals surface area contributed by atoms with Gasteiger partial charge < -0.3 is 5.11 Å². The lowest BCUT2D eigenvalue weighted by atomic mass is 10.5. The van der Waals surface area contributed by atoms with Crippen molar-refractivity contribution in [1.29, 1.82) is 0 Å². The third-order valence-corrected chi connectivity index (χ3v) is 0.638. The highest BCUT2D eigenvalue weighted by Gasteiger charge is 2.03. The zero-order valence-corrected chi connectivity index (χ0v) is 4.91. The van der Waals surface area contributed by atoms with E-state index in [1.807, 2.05) is 0 Å². The van der Waals surface area contributed by atoms with Gasteiger partial charge in [0, 0.05) is 0 Å². The fraction of sp³-hybridized carbons (Fsp3) is 0.667. The van der Waals surface area contributed by atoms with E-state index in [4.69, 9.17) is 28.3 Å². The van der Waals surface area contributed by atoms with Crippen LogP contribution < -0.4 is 0 Å². The number of hydrogen-bond acceptors (Lipinski definition) is 1. The predicted octanol–water partition coefficient (Wildman–Crippen LogP) is 0.0809. The first kappa shape index (κ1) is 11.4. The van der Waals surface area contributed by atoms with E-state index in [-0.39, 0.29) is 23.8 Å². The molecule has 0 aromatic carbocycles. The second-order valence-electron chi connectivity index (χ2n) is 0.989. The summed E-state index contributed by atoms with van der Waals surface area (Å²) < 4.78 is 0. The van der Waals surface area contributed by atoms with E-state index in [2.05, 4.69) is 0 Å². The maximum Gasteiger partial charge on any atom is 0.306 e. The number of hydrogen-bond donors (Lipinski definition) is 1. The van der Waals surface area contributed by atoms with Crippen molar-refractivity contribution in [3.8, 4) is 0 Å². The summed E-state index contributed by atoms with van der Waals surface area (Å²) in [7, 11) is 0. The highest BCUT2D eigenvalue weighted by atomic mass is 35.5. The van der Waals surface area contributed by atoms with Gasteiger partial charge in [0.15, 0.2) is 17.4 Å². The van der Waals surface area contributed by atoms with E-state index in [1.54, 1.807) is 0 Å². The van der Waals surface area contributed by atoms with Gasteiger partial charge in [-0.15, -0.1) is 23.2 Å². The summed E-state index contributed by atoms with van der Waals surface area (Å²) in [6, 6.07) is 0. The fourth-order valence-electron chi connectivity index (χ4n) is 0.132. The third-order valence-electron chi connectivity index (χ3n) is 0.329. The Labute approximate surface area is 67.9 Å². The minimum atomic E-state index is -0.977. The van der Waals surface area contributed by atoms with Gasteiger partial charge in [0.2, 0.25) is 0 Å². The van der Waals surface area contributed by atoms with Crippen LogP contribution in [0.15, 0.2) is 0 Å². The summed E-state index contributed by atoms with van der Waals surface area (Å²) in [5, 5.41) is 7.92. The number of carboxylic acids is 1. The van der Waals surface area contributed by atoms with E-state index in [1.165, 1.54) is 0 Å². The standard InChI is InChI=1S/C3H4Cl2O2.Al.3H/c4-2(5)1-3(6)7;;;;/h2H,1H2,(H,6,7);;;;. The minimum absolute atomic E-state index is 0. The van der Waals surface area contributed by atoms with Crippen LogP contribution in [0.3, 0.4) is 0 Å². The molecule has 5 heteroatoms. The molecule has 0 radical (unpaired) electrons. The van der Waals surface area contributed by atoms with Crippen molar-refractivity contribution in [2.45, 2.75) is 11.3 Å². The molecule has 1 N–H and O–H groups in total. The van der Waals surface area contributed by atoms with E-state index in [0.717, 1.165) is 0 Å². The molecule has 0 saturated carbocycles. The molecule has 0 saturated heterocycles. The average Bonchev–Trinajstić information content (AvgIpc) is 1.27. The molecule has 2 nitrogen and oxygen atoms in total. The quantitative estimate of drug-likeness (QED) is 0.474. The lowest BCUT2D eigenvalue weighted by Crippen LogP contribution is -1.99. The highest BCUT2D eigenvalue weighted by molar-refractivity contribution is 6.44. The van der Waals surface area contributed by atoms with Crippen molar-refractivity contribution in [3.63, 3.8) is 0 Å². The second kappa shape index (κ2) is 5.71. The van der Waals surface area contributed by atoms with E-state index in [0.29, 0.717) is 0 Å². The van der Waals surface area contributed by atoms with E-state index < -0.39 is 10.8 Å². The zero-order chi connectivity index (χ0) is 5.86. The molecule has 0 aliphatic rings. The Bertz CT molecular complexity index is 75.7. The molecule has 0 aromatic rings. The van der Waals surface area contributed by atoms with Crippen LogP contribution in [0, 0.1) is 0 Å². The summed E-state index contributed by atoms with van der Waals surface area (Å²) in [6.45, 7) is 0. The van der Waals surface area contributed by atoms with Gasteiger partial charge in [-0.3, -0.25) is 4.79 Å². The molecule has 48 valence electrons. The van der Waals surface area contributed by atoms with E-state index in [9.17, 15) is 4.79 Å². The normalized spacial score (nSPS) is 8.38. The smallest absolute Gasteiger partial charge is 0.306 e. The fourth-order valence-corrected chi connectivity index (χ4v) is 0.396. The Balaban J connectivity index is 0. The van der Waals surface area contributed by atoms with Crippen molar-refractivity contribution in [3.05, 3.63) is 0 Å². The molecule has 0 aliphatic carbocycles. The van der Waals surface area contributed by atoms with Crippen LogP contribution in [0.1, 0.15) is 6.42 Å². The van der Waals surface area contributed by atoms with Crippen LogP contribution in [0.4, 0.5) is 0 Å². The zero-order valence-electron chi connectivity index (χ0n) is 3.40. The molecule has 0 heterocycles. The molecule has 0 fully saturated rings. The molecule has 0 aromatic heterocycles. The monoisotopic (exact) mass is 172 g/mol. The largest absolute Gasteiger partial charge is 0.481 e. The van der Waals surface area contributed by atoms with Crippen molar-refractivity contribution in [2.24, 2.45) is 0 Å². The lowest BCUT2D eigenvalue weighted by molar-refractivity contribution is -0.136. The van der Waals surface area contributed by atoms with Crippen LogP contribution in [0.2, 0.25) is 0 Å². The first-order valence-electron chi connectivity index (χ1n) is 1.63. The van der Waals surface area contributed by atoms with Gasteiger partial charge in [-0.1, -0.05) is 0 Å². The number of alkyl halides is 2. The summed E-state index contributed by atoms with van der Waals surface area (Å²) in [4.78, 5) is 8.86. The Hall–Kier alpha value is 0.582. The SMILES string of the molecule is O=C(O)CC(Cl)Cl.[AlH3]. The number of aliphatic carboxylic acids is 1. The lowest BCUT2D eigenvalue weighted by Gasteiger charge is -1.89. The maximum absolute atomic E-state index is 9.64. The second-order valence-corrected chi connectivity index (χ2v) is 2.27. The molecule has 8 heavy (non-hydrogen) atoms. The Morgan fingerprint density at radius 3 is 2.00 bits per heavy atom. The van der Waals surface area contributed by atoms with Crippen molar-refractivity contribution < 1.29 is 9.90 Å². The van der Waals surface area contributed by atoms with Crippen molar-refractivity contribution >= 4 is 46.5 Å². The average molecular weight is 173 g/mol. The molecule has 0 rings (SSSR count). The van der Waals surface area contributed by atoms with Gasteiger partial charge in [-0.05, 0) is 0 Å². The van der Waals surface area contributed by atoms with Crippen molar-refractivity contribution in [1.82, 2.24) is 0 Å². The van der Waals surface area contributed by atoms with Crippen molar-refractivity contribution in [2.75, 3.05) is 0 Å². The Morgan fingerprint density at radius 2 is 2.00 bits per heavy atom. The van der Waals surface area contributed by atoms with Gasteiger partial charge in [-0.25, -0.2) is 0 Å². The summed E-state index contributed by atoms with van der Waals surface area (Å²) in [5.41, 5.74) is 0. The van der Waals surface area contributed by atoms with E-state index >= 15 is 0 Å². The molecular weight excluding hydrogens is 166 g/mol. The summed E-state index contributed by atoms with van der Waals surface area (Å²) in [5.74, 6) is -0.977. The molecule has 0 aliphatic heterocycles. The van der Waals surface area contributed by atoms with Crippen LogP contribution in [0.5, 0.6) is 0 Å². The Morgan fingerprint density at radius 1 is 1.62 bits per heavy atom. The highest BCUT2D eigenvalue weighted by Crippen LogP contribution is 2.05. The van der Waals surface area contributed by atoms with Crippen LogP contribution >= 0.6 is 23.2 Å². The third kappa shape index (κ3) is 9.77. The van der Waals surface area contributed by atoms with Crippen LogP contribution in [-0.2, 0) is 4.79 Å². The summed E-state index contributed by atoms with van der Waals surface area (Å²) >= 11 is 10.1. The number of carbonyl (C=O) groups is 1. The van der Waals surface area contributed by atoms with Gasteiger partial charge in [-0.2, -0.15) is 0 Å². The van der Waals surface area contributed by atoms with Crippen LogP contribution in [-0.4, -0.2) is 33.3 Å². The van der Waals surface area contributed by atoms with Gasteiger partial charge >= 0.3 is 5.97 Å². The first-order chi connectivity index (χ1) is 3.13. The number of carboxylic acid groups (broad SMARTS) is 1. The Kier molecular flexibility index (Phi) is 8.13. The topological polar surface area (TPSA) is 37.3 Å². The predicted molar refractivity (Wildman–Crippen MR) is 37.7 cm³/mol. The maximum atomic E-state index is 9.64. The molecule has 0 amide bonds. The summed E-state index contributed by atoms with van der Waals surface area (Å²) in [6.07, 6.45) is -0.191.